The van der Waals surface area contributed by atoms with Crippen LogP contribution in [0.5, 0.6) is 0 Å². The summed E-state index contributed by atoms with van der Waals surface area (Å²) in [6.45, 7) is 1.91. The zero-order valence-corrected chi connectivity index (χ0v) is 16.4. The van der Waals surface area contributed by atoms with E-state index in [4.69, 9.17) is 0 Å². The molecule has 2 amide bonds. The van der Waals surface area contributed by atoms with Gasteiger partial charge in [0.05, 0.1) is 5.75 Å². The molecule has 0 unspecified atom stereocenters. The molecule has 6 heteroatoms. The van der Waals surface area contributed by atoms with Crippen molar-refractivity contribution in [2.45, 2.75) is 43.9 Å². The van der Waals surface area contributed by atoms with E-state index in [0.717, 1.165) is 25.7 Å². The Labute approximate surface area is 157 Å². The largest absolute Gasteiger partial charge is 0.337 e. The Morgan fingerprint density at radius 2 is 1.88 bits per heavy atom. The van der Waals surface area contributed by atoms with Crippen molar-refractivity contribution in [3.63, 3.8) is 0 Å². The van der Waals surface area contributed by atoms with Crippen LogP contribution < -0.4 is 5.32 Å². The molecule has 1 aromatic rings. The van der Waals surface area contributed by atoms with Crippen molar-refractivity contribution < 1.29 is 13.2 Å². The minimum atomic E-state index is -3.00. The van der Waals surface area contributed by atoms with Crippen LogP contribution in [-0.4, -0.2) is 51.0 Å². The molecule has 2 fully saturated rings. The van der Waals surface area contributed by atoms with Gasteiger partial charge in [-0.25, -0.2) is 13.2 Å². The molecule has 5 nitrogen and oxygen atoms in total. The molecule has 2 aliphatic rings. The van der Waals surface area contributed by atoms with Crippen LogP contribution in [-0.2, 0) is 15.3 Å². The number of urea groups is 1. The summed E-state index contributed by atoms with van der Waals surface area (Å²) in [6.07, 6.45) is 7.63. The van der Waals surface area contributed by atoms with Crippen molar-refractivity contribution >= 4 is 15.9 Å². The van der Waals surface area contributed by atoms with Gasteiger partial charge in [-0.1, -0.05) is 43.2 Å². The van der Waals surface area contributed by atoms with Crippen molar-refractivity contribution in [2.75, 3.05) is 31.6 Å². The number of carbonyl (C=O) groups is 1. The van der Waals surface area contributed by atoms with Crippen molar-refractivity contribution in [1.82, 2.24) is 10.2 Å². The molecule has 26 heavy (non-hydrogen) atoms. The third-order valence-corrected chi connectivity index (χ3v) is 6.95. The Kier molecular flexibility index (Phi) is 5.90. The predicted octanol–water partition coefficient (Wildman–Crippen LogP) is 2.96. The molecule has 144 valence electrons. The van der Waals surface area contributed by atoms with E-state index < -0.39 is 9.84 Å². The van der Waals surface area contributed by atoms with Crippen LogP contribution in [0.1, 0.15) is 44.1 Å². The number of benzene rings is 1. The SMILES string of the molecule is CS(=O)(=O)C[C@@H]1CCCN(C(=O)NCC2(c3ccccc3)CCCC2)C1. The van der Waals surface area contributed by atoms with Crippen LogP contribution in [0.4, 0.5) is 4.79 Å². The van der Waals surface area contributed by atoms with Crippen molar-refractivity contribution in [1.29, 1.82) is 0 Å². The average molecular weight is 379 g/mol. The summed E-state index contributed by atoms with van der Waals surface area (Å²) >= 11 is 0. The Morgan fingerprint density at radius 3 is 2.54 bits per heavy atom. The molecular weight excluding hydrogens is 348 g/mol. The molecule has 1 aliphatic carbocycles. The van der Waals surface area contributed by atoms with Gasteiger partial charge in [-0.15, -0.1) is 0 Å². The second kappa shape index (κ2) is 7.99. The number of hydrogen-bond acceptors (Lipinski definition) is 3. The summed E-state index contributed by atoms with van der Waals surface area (Å²) < 4.78 is 23.1. The van der Waals surface area contributed by atoms with E-state index in [9.17, 15) is 13.2 Å². The molecule has 1 N–H and O–H groups in total. The molecule has 1 saturated carbocycles. The van der Waals surface area contributed by atoms with Gasteiger partial charge in [0.2, 0.25) is 0 Å². The van der Waals surface area contributed by atoms with Crippen LogP contribution in [0.15, 0.2) is 30.3 Å². The van der Waals surface area contributed by atoms with Crippen molar-refractivity contribution in [2.24, 2.45) is 5.92 Å². The summed E-state index contributed by atoms with van der Waals surface area (Å²) in [6, 6.07) is 10.4. The summed E-state index contributed by atoms with van der Waals surface area (Å²) in [5, 5.41) is 3.15. The highest BCUT2D eigenvalue weighted by Gasteiger charge is 2.36. The molecule has 0 bridgehead atoms. The summed E-state index contributed by atoms with van der Waals surface area (Å²) in [5.41, 5.74) is 1.35. The van der Waals surface area contributed by atoms with E-state index in [-0.39, 0.29) is 23.1 Å². The molecule has 0 radical (unpaired) electrons. The number of hydrogen-bond donors (Lipinski definition) is 1. The summed E-state index contributed by atoms with van der Waals surface area (Å²) in [5.74, 6) is 0.226. The number of likely N-dealkylation sites (tertiary alicyclic amines) is 1. The fourth-order valence-electron chi connectivity index (χ4n) is 4.58. The number of amides is 2. The first-order chi connectivity index (χ1) is 12.4. The van der Waals surface area contributed by atoms with E-state index in [1.807, 2.05) is 6.07 Å². The standard InChI is InChI=1S/C20H30N2O3S/c1-26(24,25)15-17-8-7-13-22(14-17)19(23)21-16-20(11-5-6-12-20)18-9-3-2-4-10-18/h2-4,9-10,17H,5-8,11-16H2,1H3,(H,21,23)/t17-/m1/s1. The quantitative estimate of drug-likeness (QED) is 0.857. The Balaban J connectivity index is 1.60. The maximum Gasteiger partial charge on any atom is 0.317 e. The van der Waals surface area contributed by atoms with Gasteiger partial charge in [0.15, 0.2) is 0 Å². The van der Waals surface area contributed by atoms with Crippen LogP contribution in [0.3, 0.4) is 0 Å². The molecule has 1 aliphatic heterocycles. The predicted molar refractivity (Wildman–Crippen MR) is 104 cm³/mol. The number of nitrogens with one attached hydrogen (secondary N) is 1. The van der Waals surface area contributed by atoms with Gasteiger partial charge in [0, 0.05) is 31.3 Å². The lowest BCUT2D eigenvalue weighted by atomic mass is 9.79. The number of rotatable bonds is 5. The first-order valence-corrected chi connectivity index (χ1v) is 11.7. The minimum absolute atomic E-state index is 0.0405. The van der Waals surface area contributed by atoms with E-state index in [2.05, 4.69) is 29.6 Å². The van der Waals surface area contributed by atoms with Crippen LogP contribution >= 0.6 is 0 Å². The maximum absolute atomic E-state index is 12.7. The number of nitrogens with zero attached hydrogens (tertiary/aromatic N) is 1. The van der Waals surface area contributed by atoms with E-state index in [1.165, 1.54) is 24.7 Å². The molecule has 1 aromatic carbocycles. The Morgan fingerprint density at radius 1 is 1.19 bits per heavy atom. The smallest absolute Gasteiger partial charge is 0.317 e. The van der Waals surface area contributed by atoms with Gasteiger partial charge in [0.25, 0.3) is 0 Å². The van der Waals surface area contributed by atoms with Gasteiger partial charge in [-0.05, 0) is 37.2 Å². The highest BCUT2D eigenvalue weighted by molar-refractivity contribution is 7.90. The van der Waals surface area contributed by atoms with Gasteiger partial charge >= 0.3 is 6.03 Å². The van der Waals surface area contributed by atoms with Gasteiger partial charge in [0.1, 0.15) is 9.84 Å². The first kappa shape index (κ1) is 19.2. The van der Waals surface area contributed by atoms with Crippen LogP contribution in [0.25, 0.3) is 0 Å². The highest BCUT2D eigenvalue weighted by atomic mass is 32.2. The van der Waals surface area contributed by atoms with E-state index in [0.29, 0.717) is 19.6 Å². The van der Waals surface area contributed by atoms with Crippen LogP contribution in [0.2, 0.25) is 0 Å². The van der Waals surface area contributed by atoms with Gasteiger partial charge in [-0.3, -0.25) is 0 Å². The lowest BCUT2D eigenvalue weighted by molar-refractivity contribution is 0.167. The molecule has 3 rings (SSSR count). The highest BCUT2D eigenvalue weighted by Crippen LogP contribution is 2.40. The second-order valence-corrected chi connectivity index (χ2v) is 10.2. The van der Waals surface area contributed by atoms with Gasteiger partial charge in [-0.2, -0.15) is 0 Å². The molecule has 0 aromatic heterocycles. The fraction of sp³-hybridized carbons (Fsp3) is 0.650. The Bertz CT molecular complexity index is 712. The fourth-order valence-corrected chi connectivity index (χ4v) is 5.71. The average Bonchev–Trinajstić information content (AvgIpc) is 3.09. The number of sulfone groups is 1. The van der Waals surface area contributed by atoms with E-state index in [1.54, 1.807) is 4.90 Å². The normalized spacial score (nSPS) is 23.0. The zero-order chi connectivity index (χ0) is 18.6. The van der Waals surface area contributed by atoms with Crippen LogP contribution in [0, 0.1) is 5.92 Å². The molecule has 1 atom stereocenters. The first-order valence-electron chi connectivity index (χ1n) is 9.64. The minimum Gasteiger partial charge on any atom is -0.337 e. The Hall–Kier alpha value is -1.56. The molecule has 0 spiro atoms. The second-order valence-electron chi connectivity index (χ2n) is 8.06. The zero-order valence-electron chi connectivity index (χ0n) is 15.6. The van der Waals surface area contributed by atoms with Crippen molar-refractivity contribution in [3.8, 4) is 0 Å². The molecule has 1 heterocycles. The van der Waals surface area contributed by atoms with E-state index >= 15 is 0 Å². The third kappa shape index (κ3) is 4.78. The lowest BCUT2D eigenvalue weighted by Crippen LogP contribution is -2.49. The van der Waals surface area contributed by atoms with Gasteiger partial charge < -0.3 is 10.2 Å². The number of carbonyl (C=O) groups excluding carboxylic acids is 1. The molecular formula is C20H30N2O3S. The summed E-state index contributed by atoms with van der Waals surface area (Å²) in [7, 11) is -3.00. The monoisotopic (exact) mass is 378 g/mol. The third-order valence-electron chi connectivity index (χ3n) is 5.87. The topological polar surface area (TPSA) is 66.5 Å². The molecule has 1 saturated heterocycles. The summed E-state index contributed by atoms with van der Waals surface area (Å²) in [4.78, 5) is 14.5. The van der Waals surface area contributed by atoms with Crippen molar-refractivity contribution in [3.05, 3.63) is 35.9 Å². The number of piperidine rings is 1. The maximum atomic E-state index is 12.7. The lowest BCUT2D eigenvalue weighted by Gasteiger charge is -2.35.